The fraction of sp³-hybridized carbons (Fsp3) is 0.250. The number of nitrogens with one attached hydrogen (secondary N) is 1. The van der Waals surface area contributed by atoms with Gasteiger partial charge < -0.3 is 5.32 Å². The summed E-state index contributed by atoms with van der Waals surface area (Å²) in [5, 5.41) is 4.86. The van der Waals surface area contributed by atoms with Gasteiger partial charge >= 0.3 is 0 Å². The van der Waals surface area contributed by atoms with Gasteiger partial charge in [0.25, 0.3) is 0 Å². The number of aromatic nitrogens is 1. The second kappa shape index (κ2) is 6.09. The Hall–Kier alpha value is -1.81. The van der Waals surface area contributed by atoms with Crippen molar-refractivity contribution in [1.82, 2.24) is 10.3 Å². The minimum absolute atomic E-state index is 0.440. The summed E-state index contributed by atoms with van der Waals surface area (Å²) in [5.74, 6) is 0. The van der Waals surface area contributed by atoms with E-state index in [1.807, 2.05) is 25.3 Å². The lowest BCUT2D eigenvalue weighted by molar-refractivity contribution is 0.902. The number of hydrogen-bond acceptors (Lipinski definition) is 4. The number of rotatable bonds is 3. The molecule has 102 valence electrons. The predicted molar refractivity (Wildman–Crippen MR) is 84.9 cm³/mol. The van der Waals surface area contributed by atoms with Crippen molar-refractivity contribution in [3.8, 4) is 0 Å². The van der Waals surface area contributed by atoms with Gasteiger partial charge in [0.15, 0.2) is 5.17 Å². The first kappa shape index (κ1) is 13.2. The maximum absolute atomic E-state index is 4.57. The molecule has 1 unspecified atom stereocenters. The fourth-order valence-corrected chi connectivity index (χ4v) is 3.11. The Bertz CT molecular complexity index is 593. The van der Waals surface area contributed by atoms with Crippen molar-refractivity contribution < 1.29 is 0 Å². The van der Waals surface area contributed by atoms with Crippen LogP contribution in [0.5, 0.6) is 0 Å². The van der Waals surface area contributed by atoms with Crippen LogP contribution >= 0.6 is 11.8 Å². The van der Waals surface area contributed by atoms with Crippen molar-refractivity contribution in [3.63, 3.8) is 0 Å². The highest BCUT2D eigenvalue weighted by Crippen LogP contribution is 2.34. The molecule has 0 spiro atoms. The molecule has 0 amide bonds. The van der Waals surface area contributed by atoms with Gasteiger partial charge in [-0.1, -0.05) is 48.2 Å². The van der Waals surface area contributed by atoms with Crippen LogP contribution in [0.25, 0.3) is 0 Å². The highest BCUT2D eigenvalue weighted by Gasteiger charge is 2.20. The van der Waals surface area contributed by atoms with E-state index in [1.165, 1.54) is 11.1 Å². The van der Waals surface area contributed by atoms with Gasteiger partial charge in [0.1, 0.15) is 0 Å². The highest BCUT2D eigenvalue weighted by atomic mass is 32.2. The smallest absolute Gasteiger partial charge is 0.157 e. The maximum Gasteiger partial charge on any atom is 0.157 e. The molecule has 1 atom stereocenters. The molecule has 0 fully saturated rings. The van der Waals surface area contributed by atoms with E-state index >= 15 is 0 Å². The van der Waals surface area contributed by atoms with E-state index in [0.29, 0.717) is 5.25 Å². The molecule has 1 aromatic carbocycles. The third-order valence-corrected chi connectivity index (χ3v) is 4.44. The largest absolute Gasteiger partial charge is 0.361 e. The molecule has 2 heterocycles. The molecular weight excluding hydrogens is 266 g/mol. The third-order valence-electron chi connectivity index (χ3n) is 3.24. The number of nitrogens with zero attached hydrogens (tertiary/aromatic N) is 2. The number of aliphatic imine (C=N–C) groups is 1. The summed E-state index contributed by atoms with van der Waals surface area (Å²) < 4.78 is 0. The van der Waals surface area contributed by atoms with Crippen molar-refractivity contribution in [2.75, 3.05) is 6.54 Å². The zero-order valence-corrected chi connectivity index (χ0v) is 12.2. The Morgan fingerprint density at radius 3 is 2.80 bits per heavy atom. The van der Waals surface area contributed by atoms with Gasteiger partial charge in [0, 0.05) is 18.4 Å². The predicted octanol–water partition coefficient (Wildman–Crippen LogP) is 3.32. The van der Waals surface area contributed by atoms with Gasteiger partial charge in [0.05, 0.1) is 11.8 Å². The van der Waals surface area contributed by atoms with E-state index in [-0.39, 0.29) is 0 Å². The van der Waals surface area contributed by atoms with E-state index in [0.717, 1.165) is 24.0 Å². The summed E-state index contributed by atoms with van der Waals surface area (Å²) in [5.41, 5.74) is 3.57. The average Bonchev–Trinajstić information content (AvgIpc) is 2.97. The van der Waals surface area contributed by atoms with E-state index in [2.05, 4.69) is 45.6 Å². The van der Waals surface area contributed by atoms with Crippen molar-refractivity contribution in [2.45, 2.75) is 18.7 Å². The van der Waals surface area contributed by atoms with E-state index in [1.54, 1.807) is 11.8 Å². The third kappa shape index (κ3) is 3.20. The molecule has 0 saturated heterocycles. The van der Waals surface area contributed by atoms with Crippen LogP contribution < -0.4 is 5.32 Å². The fourth-order valence-electron chi connectivity index (χ4n) is 2.09. The minimum atomic E-state index is 0.440. The van der Waals surface area contributed by atoms with Gasteiger partial charge in [0.2, 0.25) is 0 Å². The standard InChI is InChI=1S/C16H17N3S/c1-12-7-8-13(9-17-12)10-18-16-19-11-15(20-16)14-5-3-2-4-6-14/h2-9,15H,10-11H2,1H3,(H,18,19). The quantitative estimate of drug-likeness (QED) is 0.939. The molecule has 0 radical (unpaired) electrons. The molecule has 2 aromatic rings. The number of amidine groups is 1. The zero-order valence-electron chi connectivity index (χ0n) is 11.4. The Balaban J connectivity index is 1.54. The van der Waals surface area contributed by atoms with Gasteiger partial charge in [-0.25, -0.2) is 0 Å². The molecule has 0 aliphatic carbocycles. The van der Waals surface area contributed by atoms with Crippen LogP contribution in [0.1, 0.15) is 22.1 Å². The van der Waals surface area contributed by atoms with Crippen molar-refractivity contribution in [2.24, 2.45) is 4.99 Å². The molecule has 1 aliphatic rings. The molecule has 0 bridgehead atoms. The molecule has 20 heavy (non-hydrogen) atoms. The van der Waals surface area contributed by atoms with E-state index < -0.39 is 0 Å². The number of pyridine rings is 1. The van der Waals surface area contributed by atoms with Gasteiger partial charge in [-0.3, -0.25) is 9.98 Å². The zero-order chi connectivity index (χ0) is 13.8. The first-order valence-corrected chi connectivity index (χ1v) is 7.61. The minimum Gasteiger partial charge on any atom is -0.361 e. The van der Waals surface area contributed by atoms with Crippen molar-refractivity contribution in [3.05, 3.63) is 65.5 Å². The molecule has 1 aromatic heterocycles. The molecule has 4 heteroatoms. The highest BCUT2D eigenvalue weighted by molar-refractivity contribution is 8.14. The second-order valence-electron chi connectivity index (χ2n) is 4.82. The molecule has 3 rings (SSSR count). The topological polar surface area (TPSA) is 37.3 Å². The molecule has 1 N–H and O–H groups in total. The van der Waals surface area contributed by atoms with E-state index in [4.69, 9.17) is 0 Å². The maximum atomic E-state index is 4.57. The summed E-state index contributed by atoms with van der Waals surface area (Å²) in [6.45, 7) is 3.63. The Labute approximate surface area is 123 Å². The summed E-state index contributed by atoms with van der Waals surface area (Å²) in [6, 6.07) is 14.7. The molecule has 1 aliphatic heterocycles. The normalized spacial score (nSPS) is 17.9. The summed E-state index contributed by atoms with van der Waals surface area (Å²) in [7, 11) is 0. The SMILES string of the molecule is Cc1ccc(CNC2=NCC(c3ccccc3)S2)cn1. The Morgan fingerprint density at radius 1 is 1.20 bits per heavy atom. The van der Waals surface area contributed by atoms with Crippen LogP contribution in [0.3, 0.4) is 0 Å². The average molecular weight is 283 g/mol. The molecular formula is C16H17N3S. The second-order valence-corrected chi connectivity index (χ2v) is 6.02. The first-order chi connectivity index (χ1) is 9.81. The van der Waals surface area contributed by atoms with Crippen molar-refractivity contribution >= 4 is 16.9 Å². The van der Waals surface area contributed by atoms with Crippen LogP contribution in [0.4, 0.5) is 0 Å². The van der Waals surface area contributed by atoms with Crippen molar-refractivity contribution in [1.29, 1.82) is 0 Å². The molecule has 3 nitrogen and oxygen atoms in total. The Morgan fingerprint density at radius 2 is 2.05 bits per heavy atom. The summed E-state index contributed by atoms with van der Waals surface area (Å²) >= 11 is 1.80. The number of benzene rings is 1. The first-order valence-electron chi connectivity index (χ1n) is 6.73. The van der Waals surface area contributed by atoms with E-state index in [9.17, 15) is 0 Å². The monoisotopic (exact) mass is 283 g/mol. The van der Waals surface area contributed by atoms with Gasteiger partial charge in [-0.2, -0.15) is 0 Å². The van der Waals surface area contributed by atoms with Crippen LogP contribution in [-0.2, 0) is 6.54 Å². The lowest BCUT2D eigenvalue weighted by atomic mass is 10.1. The lowest BCUT2D eigenvalue weighted by Crippen LogP contribution is -2.18. The summed E-state index contributed by atoms with van der Waals surface area (Å²) in [6.07, 6.45) is 1.91. The van der Waals surface area contributed by atoms with Crippen LogP contribution in [0.15, 0.2) is 53.7 Å². The number of thioether (sulfide) groups is 1. The van der Waals surface area contributed by atoms with Gasteiger partial charge in [-0.15, -0.1) is 0 Å². The summed E-state index contributed by atoms with van der Waals surface area (Å²) in [4.78, 5) is 8.87. The number of hydrogen-bond donors (Lipinski definition) is 1. The van der Waals surface area contributed by atoms with Gasteiger partial charge in [-0.05, 0) is 24.1 Å². The van der Waals surface area contributed by atoms with Crippen LogP contribution in [0.2, 0.25) is 0 Å². The van der Waals surface area contributed by atoms with Crippen LogP contribution in [-0.4, -0.2) is 16.7 Å². The molecule has 0 saturated carbocycles. The Kier molecular flexibility index (Phi) is 4.02. The lowest BCUT2D eigenvalue weighted by Gasteiger charge is -2.09. The number of aryl methyl sites for hydroxylation is 1. The van der Waals surface area contributed by atoms with Crippen LogP contribution in [0, 0.1) is 6.92 Å².